The van der Waals surface area contributed by atoms with Crippen LogP contribution in [-0.2, 0) is 16.8 Å². The van der Waals surface area contributed by atoms with E-state index in [0.717, 1.165) is 0 Å². The second kappa shape index (κ2) is 5.03. The van der Waals surface area contributed by atoms with Crippen molar-refractivity contribution >= 4 is 21.3 Å². The van der Waals surface area contributed by atoms with Gasteiger partial charge in [-0.15, -0.1) is 0 Å². The lowest BCUT2D eigenvalue weighted by Gasteiger charge is -2.23. The van der Waals surface area contributed by atoms with Crippen LogP contribution in [0.4, 0.5) is 0 Å². The summed E-state index contributed by atoms with van der Waals surface area (Å²) in [5, 5.41) is 0. The van der Waals surface area contributed by atoms with Crippen LogP contribution < -0.4 is 4.18 Å². The minimum Gasteiger partial charge on any atom is -0.362 e. The standard InChI is InChI=1S/C9H14O7S2/c1-3-7-5-9(17(10,11)12)6(2)4-8(7)16-18(13,14)15/h4-5,10-12H,3H2,1-2H3,(H,13,14,15). The third-order valence-electron chi connectivity index (χ3n) is 2.23. The molecule has 0 atom stereocenters. The van der Waals surface area contributed by atoms with Gasteiger partial charge < -0.3 is 17.8 Å². The van der Waals surface area contributed by atoms with Crippen LogP contribution in [0.5, 0.6) is 5.75 Å². The Morgan fingerprint density at radius 3 is 2.11 bits per heavy atom. The van der Waals surface area contributed by atoms with E-state index < -0.39 is 21.3 Å². The van der Waals surface area contributed by atoms with Gasteiger partial charge in [0.2, 0.25) is 0 Å². The first-order valence-corrected chi connectivity index (χ1v) is 7.72. The quantitative estimate of drug-likeness (QED) is 0.629. The van der Waals surface area contributed by atoms with Crippen LogP contribution >= 0.6 is 10.9 Å². The van der Waals surface area contributed by atoms with Gasteiger partial charge in [-0.1, -0.05) is 6.92 Å². The number of hydrogen-bond acceptors (Lipinski definition) is 6. The molecular weight excluding hydrogens is 284 g/mol. The topological polar surface area (TPSA) is 124 Å². The molecule has 0 heterocycles. The highest BCUT2D eigenvalue weighted by Crippen LogP contribution is 2.47. The summed E-state index contributed by atoms with van der Waals surface area (Å²) in [6.45, 7) is 3.12. The number of rotatable bonds is 4. The van der Waals surface area contributed by atoms with Crippen LogP contribution in [0.3, 0.4) is 0 Å². The molecule has 9 heteroatoms. The Morgan fingerprint density at radius 1 is 1.17 bits per heavy atom. The predicted molar refractivity (Wildman–Crippen MR) is 66.5 cm³/mol. The van der Waals surface area contributed by atoms with E-state index in [1.807, 2.05) is 0 Å². The van der Waals surface area contributed by atoms with Crippen molar-refractivity contribution in [2.75, 3.05) is 0 Å². The van der Waals surface area contributed by atoms with Gasteiger partial charge in [-0.25, -0.2) is 0 Å². The van der Waals surface area contributed by atoms with Crippen LogP contribution in [0, 0.1) is 6.92 Å². The van der Waals surface area contributed by atoms with Crippen molar-refractivity contribution in [2.45, 2.75) is 25.2 Å². The average molecular weight is 298 g/mol. The van der Waals surface area contributed by atoms with Crippen LogP contribution in [0.25, 0.3) is 0 Å². The summed E-state index contributed by atoms with van der Waals surface area (Å²) in [4.78, 5) is -0.109. The molecule has 0 saturated carbocycles. The van der Waals surface area contributed by atoms with E-state index in [1.165, 1.54) is 19.1 Å². The highest BCUT2D eigenvalue weighted by atomic mass is 32.3. The monoisotopic (exact) mass is 298 g/mol. The van der Waals surface area contributed by atoms with E-state index in [2.05, 4.69) is 4.18 Å². The van der Waals surface area contributed by atoms with Gasteiger partial charge in [-0.05, 0) is 36.6 Å². The highest BCUT2D eigenvalue weighted by Gasteiger charge is 2.22. The molecule has 0 amide bonds. The van der Waals surface area contributed by atoms with Crippen LogP contribution in [-0.4, -0.2) is 26.6 Å². The second-order valence-corrected chi connectivity index (χ2v) is 6.11. The van der Waals surface area contributed by atoms with Gasteiger partial charge in [0.15, 0.2) is 0 Å². The summed E-state index contributed by atoms with van der Waals surface area (Å²) in [5.74, 6) is -0.120. The van der Waals surface area contributed by atoms with Gasteiger partial charge in [0.25, 0.3) is 0 Å². The lowest BCUT2D eigenvalue weighted by Crippen LogP contribution is -2.09. The molecule has 104 valence electrons. The molecule has 0 spiro atoms. The maximum Gasteiger partial charge on any atom is 0.446 e. The van der Waals surface area contributed by atoms with E-state index in [4.69, 9.17) is 4.55 Å². The zero-order valence-electron chi connectivity index (χ0n) is 9.69. The third-order valence-corrected chi connectivity index (χ3v) is 3.65. The molecule has 0 aliphatic rings. The Bertz CT molecular complexity index is 545. The summed E-state index contributed by atoms with van der Waals surface area (Å²) in [6.07, 6.45) is 0.313. The second-order valence-electron chi connectivity index (χ2n) is 3.61. The van der Waals surface area contributed by atoms with E-state index >= 15 is 0 Å². The minimum atomic E-state index is -4.66. The van der Waals surface area contributed by atoms with Crippen LogP contribution in [0.1, 0.15) is 18.1 Å². The van der Waals surface area contributed by atoms with E-state index in [9.17, 15) is 22.1 Å². The normalized spacial score (nSPS) is 13.4. The Hall–Kier alpha value is -0.840. The maximum absolute atomic E-state index is 10.7. The Labute approximate surface area is 107 Å². The zero-order valence-corrected chi connectivity index (χ0v) is 11.3. The summed E-state index contributed by atoms with van der Waals surface area (Å²) in [5.41, 5.74) is 0.538. The Kier molecular flexibility index (Phi) is 4.26. The van der Waals surface area contributed by atoms with Gasteiger partial charge >= 0.3 is 10.4 Å². The predicted octanol–water partition coefficient (Wildman–Crippen LogP) is 2.32. The molecule has 0 fully saturated rings. The first-order chi connectivity index (χ1) is 8.04. The van der Waals surface area contributed by atoms with Crippen LogP contribution in [0.2, 0.25) is 0 Å². The van der Waals surface area contributed by atoms with Crippen molar-refractivity contribution in [3.63, 3.8) is 0 Å². The van der Waals surface area contributed by atoms with Crippen molar-refractivity contribution in [2.24, 2.45) is 0 Å². The maximum atomic E-state index is 10.7. The minimum absolute atomic E-state index is 0.109. The van der Waals surface area contributed by atoms with Gasteiger partial charge in [0, 0.05) is 0 Å². The molecule has 1 aromatic carbocycles. The fourth-order valence-electron chi connectivity index (χ4n) is 1.47. The van der Waals surface area contributed by atoms with E-state index in [-0.39, 0.29) is 16.2 Å². The van der Waals surface area contributed by atoms with E-state index in [1.54, 1.807) is 6.92 Å². The van der Waals surface area contributed by atoms with Gasteiger partial charge in [0.1, 0.15) is 16.6 Å². The molecule has 4 N–H and O–H groups in total. The summed E-state index contributed by atoms with van der Waals surface area (Å²) in [6, 6.07) is 2.43. The van der Waals surface area contributed by atoms with E-state index in [0.29, 0.717) is 12.0 Å². The molecule has 0 aromatic heterocycles. The average Bonchev–Trinajstić information content (AvgIpc) is 2.13. The largest absolute Gasteiger partial charge is 0.446 e. The first-order valence-electron chi connectivity index (χ1n) is 4.85. The molecule has 0 aliphatic heterocycles. The lowest BCUT2D eigenvalue weighted by atomic mass is 10.1. The molecule has 0 aliphatic carbocycles. The first kappa shape index (κ1) is 15.2. The lowest BCUT2D eigenvalue weighted by molar-refractivity contribution is 0.375. The SMILES string of the molecule is CCc1cc(S(O)(O)O)c(C)cc1OS(=O)(=O)O. The fourth-order valence-corrected chi connectivity index (χ4v) is 2.64. The molecule has 1 rings (SSSR count). The summed E-state index contributed by atoms with van der Waals surface area (Å²) < 4.78 is 61.9. The zero-order chi connectivity index (χ0) is 14.1. The molecule has 0 unspecified atom stereocenters. The van der Waals surface area contributed by atoms with Crippen molar-refractivity contribution < 1.29 is 30.8 Å². The molecule has 1 aromatic rings. The fraction of sp³-hybridized carbons (Fsp3) is 0.333. The molecular formula is C9H14O7S2. The third kappa shape index (κ3) is 3.83. The Morgan fingerprint density at radius 2 is 1.72 bits per heavy atom. The number of hydrogen-bond donors (Lipinski definition) is 4. The number of benzene rings is 1. The number of aryl methyl sites for hydroxylation is 2. The van der Waals surface area contributed by atoms with Crippen molar-refractivity contribution in [3.05, 3.63) is 23.3 Å². The smallest absolute Gasteiger partial charge is 0.362 e. The Balaban J connectivity index is 3.36. The highest BCUT2D eigenvalue weighted by molar-refractivity contribution is 8.19. The molecule has 0 saturated heterocycles. The molecule has 7 nitrogen and oxygen atoms in total. The van der Waals surface area contributed by atoms with Gasteiger partial charge in [-0.3, -0.25) is 4.55 Å². The summed E-state index contributed by atoms with van der Waals surface area (Å²) in [7, 11) is -8.55. The summed E-state index contributed by atoms with van der Waals surface area (Å²) >= 11 is 0. The van der Waals surface area contributed by atoms with Crippen molar-refractivity contribution in [1.29, 1.82) is 0 Å². The molecule has 0 radical (unpaired) electrons. The molecule has 18 heavy (non-hydrogen) atoms. The molecule has 0 bridgehead atoms. The van der Waals surface area contributed by atoms with Crippen molar-refractivity contribution in [1.82, 2.24) is 0 Å². The van der Waals surface area contributed by atoms with Gasteiger partial charge in [0.05, 0.1) is 4.90 Å². The van der Waals surface area contributed by atoms with Crippen LogP contribution in [0.15, 0.2) is 17.0 Å². The van der Waals surface area contributed by atoms with Crippen molar-refractivity contribution in [3.8, 4) is 5.75 Å². The van der Waals surface area contributed by atoms with Gasteiger partial charge in [-0.2, -0.15) is 8.42 Å².